The predicted molar refractivity (Wildman–Crippen MR) is 126 cm³/mol. The Morgan fingerprint density at radius 1 is 1.03 bits per heavy atom. The number of thioether (sulfide) groups is 1. The third-order valence-corrected chi connectivity index (χ3v) is 5.74. The van der Waals surface area contributed by atoms with Crippen LogP contribution in [0, 0.1) is 0 Å². The normalized spacial score (nSPS) is 15.9. The molecule has 1 aliphatic rings. The Labute approximate surface area is 189 Å². The van der Waals surface area contributed by atoms with E-state index in [-0.39, 0.29) is 5.91 Å². The van der Waals surface area contributed by atoms with Crippen LogP contribution in [-0.4, -0.2) is 18.2 Å². The molecule has 0 aromatic heterocycles. The van der Waals surface area contributed by atoms with Crippen molar-refractivity contribution < 1.29 is 14.3 Å². The SMILES string of the molecule is COc1cc(C=C2SC(=Nc3ccccc3)NC2=O)ccc1OCc1ccccc1Cl. The summed E-state index contributed by atoms with van der Waals surface area (Å²) in [6.45, 7) is 0.327. The molecule has 0 atom stereocenters. The number of nitrogens with zero attached hydrogens (tertiary/aromatic N) is 1. The van der Waals surface area contributed by atoms with E-state index in [1.807, 2.05) is 72.8 Å². The Hall–Kier alpha value is -3.22. The molecule has 1 saturated heterocycles. The Balaban J connectivity index is 1.50. The van der Waals surface area contributed by atoms with Crippen molar-refractivity contribution in [3.8, 4) is 11.5 Å². The van der Waals surface area contributed by atoms with Crippen LogP contribution in [0.15, 0.2) is 82.7 Å². The van der Waals surface area contributed by atoms with Gasteiger partial charge < -0.3 is 14.8 Å². The summed E-state index contributed by atoms with van der Waals surface area (Å²) in [4.78, 5) is 17.4. The predicted octanol–water partition coefficient (Wildman–Crippen LogP) is 5.82. The molecule has 1 fully saturated rings. The highest BCUT2D eigenvalue weighted by molar-refractivity contribution is 8.18. The minimum atomic E-state index is -0.183. The molecule has 1 N–H and O–H groups in total. The van der Waals surface area contributed by atoms with Crippen LogP contribution in [0.5, 0.6) is 11.5 Å². The number of methoxy groups -OCH3 is 1. The fraction of sp³-hybridized carbons (Fsp3) is 0.0833. The van der Waals surface area contributed by atoms with Gasteiger partial charge in [-0.2, -0.15) is 0 Å². The minimum absolute atomic E-state index is 0.183. The summed E-state index contributed by atoms with van der Waals surface area (Å²) in [5.41, 5.74) is 2.50. The number of ether oxygens (including phenoxy) is 2. The van der Waals surface area contributed by atoms with E-state index in [1.165, 1.54) is 11.8 Å². The van der Waals surface area contributed by atoms with E-state index < -0.39 is 0 Å². The first-order valence-corrected chi connectivity index (χ1v) is 10.7. The Bertz CT molecular complexity index is 1160. The second-order valence-electron chi connectivity index (χ2n) is 6.61. The van der Waals surface area contributed by atoms with Crippen LogP contribution >= 0.6 is 23.4 Å². The molecule has 0 saturated carbocycles. The molecule has 1 heterocycles. The van der Waals surface area contributed by atoms with Gasteiger partial charge >= 0.3 is 0 Å². The van der Waals surface area contributed by atoms with E-state index in [2.05, 4.69) is 10.3 Å². The number of para-hydroxylation sites is 1. The Morgan fingerprint density at radius 3 is 2.58 bits per heavy atom. The van der Waals surface area contributed by atoms with Gasteiger partial charge in [0.15, 0.2) is 16.7 Å². The lowest BCUT2D eigenvalue weighted by Gasteiger charge is -2.12. The zero-order valence-electron chi connectivity index (χ0n) is 16.7. The highest BCUT2D eigenvalue weighted by Crippen LogP contribution is 2.33. The van der Waals surface area contributed by atoms with Crippen molar-refractivity contribution in [2.75, 3.05) is 7.11 Å². The van der Waals surface area contributed by atoms with Gasteiger partial charge in [0.05, 0.1) is 17.7 Å². The van der Waals surface area contributed by atoms with Crippen LogP contribution in [0.25, 0.3) is 6.08 Å². The molecule has 0 spiro atoms. The van der Waals surface area contributed by atoms with E-state index in [9.17, 15) is 4.79 Å². The molecule has 0 bridgehead atoms. The number of amidine groups is 1. The highest BCUT2D eigenvalue weighted by Gasteiger charge is 2.24. The maximum absolute atomic E-state index is 12.3. The molecular formula is C24H19ClN2O3S. The third-order valence-electron chi connectivity index (χ3n) is 4.46. The second kappa shape index (κ2) is 9.73. The number of amides is 1. The number of rotatable bonds is 6. The van der Waals surface area contributed by atoms with Crippen molar-refractivity contribution in [1.29, 1.82) is 0 Å². The first kappa shape index (κ1) is 21.0. The lowest BCUT2D eigenvalue weighted by molar-refractivity contribution is -0.115. The summed E-state index contributed by atoms with van der Waals surface area (Å²) >= 11 is 7.49. The summed E-state index contributed by atoms with van der Waals surface area (Å²) in [7, 11) is 1.58. The van der Waals surface area contributed by atoms with Gasteiger partial charge in [-0.25, -0.2) is 4.99 Å². The van der Waals surface area contributed by atoms with Crippen molar-refractivity contribution in [1.82, 2.24) is 5.32 Å². The van der Waals surface area contributed by atoms with Crippen LogP contribution in [-0.2, 0) is 11.4 Å². The molecule has 3 aromatic rings. The lowest BCUT2D eigenvalue weighted by atomic mass is 10.2. The largest absolute Gasteiger partial charge is 0.493 e. The summed E-state index contributed by atoms with van der Waals surface area (Å²) in [5.74, 6) is 0.986. The van der Waals surface area contributed by atoms with Crippen LogP contribution in [0.2, 0.25) is 5.02 Å². The fourth-order valence-corrected chi connectivity index (χ4v) is 3.95. The first-order chi connectivity index (χ1) is 15.1. The van der Waals surface area contributed by atoms with Crippen molar-refractivity contribution in [3.63, 3.8) is 0 Å². The molecule has 5 nitrogen and oxygen atoms in total. The van der Waals surface area contributed by atoms with Gasteiger partial charge in [0.25, 0.3) is 5.91 Å². The van der Waals surface area contributed by atoms with Gasteiger partial charge in [-0.3, -0.25) is 4.79 Å². The van der Waals surface area contributed by atoms with Crippen LogP contribution in [0.3, 0.4) is 0 Å². The molecule has 3 aromatic carbocycles. The molecule has 7 heteroatoms. The van der Waals surface area contributed by atoms with Crippen molar-refractivity contribution in [2.45, 2.75) is 6.61 Å². The van der Waals surface area contributed by atoms with Gasteiger partial charge in [0.1, 0.15) is 6.61 Å². The van der Waals surface area contributed by atoms with E-state index in [4.69, 9.17) is 21.1 Å². The number of carbonyl (C=O) groups is 1. The maximum atomic E-state index is 12.3. The standard InChI is InChI=1S/C24H19ClN2O3S/c1-29-21-13-16(11-12-20(21)30-15-17-7-5-6-10-19(17)25)14-22-23(28)27-24(31-22)26-18-8-3-2-4-9-18/h2-14H,15H2,1H3,(H,26,27,28). The molecule has 4 rings (SSSR count). The zero-order chi connectivity index (χ0) is 21.6. The highest BCUT2D eigenvalue weighted by atomic mass is 35.5. The topological polar surface area (TPSA) is 59.9 Å². The average Bonchev–Trinajstić information content (AvgIpc) is 3.12. The number of benzene rings is 3. The summed E-state index contributed by atoms with van der Waals surface area (Å²) in [6.07, 6.45) is 1.80. The summed E-state index contributed by atoms with van der Waals surface area (Å²) < 4.78 is 11.4. The molecule has 0 radical (unpaired) electrons. The maximum Gasteiger partial charge on any atom is 0.264 e. The van der Waals surface area contributed by atoms with E-state index in [0.717, 1.165) is 16.8 Å². The van der Waals surface area contributed by atoms with E-state index >= 15 is 0 Å². The number of halogens is 1. The Kier molecular flexibility index (Phi) is 6.60. The van der Waals surface area contributed by atoms with E-state index in [1.54, 1.807) is 13.2 Å². The monoisotopic (exact) mass is 450 g/mol. The van der Waals surface area contributed by atoms with Crippen LogP contribution in [0.1, 0.15) is 11.1 Å². The van der Waals surface area contributed by atoms with Crippen LogP contribution in [0.4, 0.5) is 5.69 Å². The molecule has 0 unspecified atom stereocenters. The number of nitrogens with one attached hydrogen (secondary N) is 1. The number of hydrogen-bond acceptors (Lipinski definition) is 5. The molecular weight excluding hydrogens is 432 g/mol. The molecule has 1 amide bonds. The van der Waals surface area contributed by atoms with Crippen LogP contribution < -0.4 is 14.8 Å². The van der Waals surface area contributed by atoms with Crippen molar-refractivity contribution >= 4 is 46.2 Å². The zero-order valence-corrected chi connectivity index (χ0v) is 18.2. The smallest absolute Gasteiger partial charge is 0.264 e. The average molecular weight is 451 g/mol. The van der Waals surface area contributed by atoms with Gasteiger partial charge in [0.2, 0.25) is 0 Å². The summed E-state index contributed by atoms with van der Waals surface area (Å²) in [5, 5.41) is 4.00. The number of hydrogen-bond donors (Lipinski definition) is 1. The second-order valence-corrected chi connectivity index (χ2v) is 8.05. The Morgan fingerprint density at radius 2 is 1.81 bits per heavy atom. The molecule has 31 heavy (non-hydrogen) atoms. The molecule has 0 aliphatic carbocycles. The van der Waals surface area contributed by atoms with E-state index in [0.29, 0.717) is 33.2 Å². The lowest BCUT2D eigenvalue weighted by Crippen LogP contribution is -2.19. The fourth-order valence-electron chi connectivity index (χ4n) is 2.92. The van der Waals surface area contributed by atoms with Gasteiger partial charge in [-0.1, -0.05) is 54.1 Å². The van der Waals surface area contributed by atoms with Crippen molar-refractivity contribution in [2.24, 2.45) is 4.99 Å². The van der Waals surface area contributed by atoms with Gasteiger partial charge in [-0.15, -0.1) is 0 Å². The molecule has 1 aliphatic heterocycles. The number of aliphatic imine (C=N–C) groups is 1. The third kappa shape index (κ3) is 5.29. The summed E-state index contributed by atoms with van der Waals surface area (Å²) in [6, 6.07) is 22.5. The quantitative estimate of drug-likeness (QED) is 0.481. The van der Waals surface area contributed by atoms with Gasteiger partial charge in [-0.05, 0) is 53.7 Å². The molecule has 156 valence electrons. The van der Waals surface area contributed by atoms with Gasteiger partial charge in [0, 0.05) is 10.6 Å². The number of carbonyl (C=O) groups excluding carboxylic acids is 1. The minimum Gasteiger partial charge on any atom is -0.493 e. The van der Waals surface area contributed by atoms with Crippen molar-refractivity contribution in [3.05, 3.63) is 93.9 Å². The first-order valence-electron chi connectivity index (χ1n) is 9.51.